The minimum Gasteiger partial charge on any atom is -0.303 e. The number of likely N-dealkylation sites (tertiary alicyclic amines) is 1. The van der Waals surface area contributed by atoms with Crippen LogP contribution in [0, 0.1) is 11.3 Å². The van der Waals surface area contributed by atoms with Crippen LogP contribution in [0.5, 0.6) is 0 Å². The van der Waals surface area contributed by atoms with Crippen molar-refractivity contribution in [1.29, 1.82) is 0 Å². The highest BCUT2D eigenvalue weighted by atomic mass is 15.1. The molecule has 1 heterocycles. The second kappa shape index (κ2) is 4.22. The van der Waals surface area contributed by atoms with E-state index in [1.807, 2.05) is 0 Å². The molecule has 2 aliphatic rings. The molecule has 0 N–H and O–H groups in total. The Balaban J connectivity index is 1.95. The quantitative estimate of drug-likeness (QED) is 0.620. The van der Waals surface area contributed by atoms with Gasteiger partial charge in [-0.25, -0.2) is 0 Å². The Kier molecular flexibility index (Phi) is 3.16. The van der Waals surface area contributed by atoms with Gasteiger partial charge in [0, 0.05) is 6.54 Å². The molecule has 14 heavy (non-hydrogen) atoms. The SMILES string of the molecule is CCN1CC[C@@]2(CCC[C@@H](C)CC2)C1. The van der Waals surface area contributed by atoms with Gasteiger partial charge in [-0.1, -0.05) is 33.1 Å². The van der Waals surface area contributed by atoms with Crippen LogP contribution in [0.3, 0.4) is 0 Å². The smallest absolute Gasteiger partial charge is 0.00383 e. The molecule has 2 fully saturated rings. The second-order valence-electron chi connectivity index (χ2n) is 5.65. The van der Waals surface area contributed by atoms with E-state index < -0.39 is 0 Å². The molecule has 2 rings (SSSR count). The maximum Gasteiger partial charge on any atom is 0.00383 e. The highest BCUT2D eigenvalue weighted by molar-refractivity contribution is 4.91. The predicted octanol–water partition coefficient (Wildman–Crippen LogP) is 3.30. The Morgan fingerprint density at radius 2 is 2.07 bits per heavy atom. The highest BCUT2D eigenvalue weighted by Gasteiger charge is 2.37. The minimum absolute atomic E-state index is 0.737. The number of nitrogens with zero attached hydrogens (tertiary/aromatic N) is 1. The van der Waals surface area contributed by atoms with Gasteiger partial charge in [-0.3, -0.25) is 0 Å². The molecule has 0 amide bonds. The van der Waals surface area contributed by atoms with E-state index in [2.05, 4.69) is 18.7 Å². The topological polar surface area (TPSA) is 3.24 Å². The van der Waals surface area contributed by atoms with E-state index in [0.29, 0.717) is 0 Å². The number of hydrogen-bond donors (Lipinski definition) is 0. The molecule has 1 nitrogen and oxygen atoms in total. The lowest BCUT2D eigenvalue weighted by Gasteiger charge is -2.27. The third-order valence-corrected chi connectivity index (χ3v) is 4.54. The molecule has 1 saturated carbocycles. The minimum atomic E-state index is 0.737. The summed E-state index contributed by atoms with van der Waals surface area (Å²) in [7, 11) is 0. The standard InChI is InChI=1S/C13H25N/c1-3-14-10-9-13(11-14)7-4-5-12(2)6-8-13/h12H,3-11H2,1-2H3/t12-,13+/m1/s1. The van der Waals surface area contributed by atoms with Crippen molar-refractivity contribution in [2.24, 2.45) is 11.3 Å². The van der Waals surface area contributed by atoms with Gasteiger partial charge < -0.3 is 4.90 Å². The zero-order chi connectivity index (χ0) is 10.0. The molecule has 0 aromatic carbocycles. The van der Waals surface area contributed by atoms with E-state index in [9.17, 15) is 0 Å². The summed E-state index contributed by atoms with van der Waals surface area (Å²) in [4.78, 5) is 2.65. The van der Waals surface area contributed by atoms with Crippen molar-refractivity contribution < 1.29 is 0 Å². The lowest BCUT2D eigenvalue weighted by atomic mass is 9.79. The largest absolute Gasteiger partial charge is 0.303 e. The Hall–Kier alpha value is -0.0400. The normalized spacial score (nSPS) is 40.3. The van der Waals surface area contributed by atoms with Crippen LogP contribution in [-0.2, 0) is 0 Å². The van der Waals surface area contributed by atoms with Crippen molar-refractivity contribution in [3.63, 3.8) is 0 Å². The first-order valence-electron chi connectivity index (χ1n) is 6.46. The van der Waals surface area contributed by atoms with Gasteiger partial charge in [0.1, 0.15) is 0 Å². The van der Waals surface area contributed by atoms with Crippen molar-refractivity contribution in [1.82, 2.24) is 4.90 Å². The van der Waals surface area contributed by atoms with Crippen LogP contribution in [0.2, 0.25) is 0 Å². The summed E-state index contributed by atoms with van der Waals surface area (Å²) in [6.07, 6.45) is 8.94. The van der Waals surface area contributed by atoms with Crippen LogP contribution in [-0.4, -0.2) is 24.5 Å². The molecule has 1 aliphatic heterocycles. The summed E-state index contributed by atoms with van der Waals surface area (Å²) in [6, 6.07) is 0. The average Bonchev–Trinajstić information content (AvgIpc) is 2.50. The van der Waals surface area contributed by atoms with Crippen LogP contribution < -0.4 is 0 Å². The zero-order valence-electron chi connectivity index (χ0n) is 9.89. The van der Waals surface area contributed by atoms with Gasteiger partial charge in [0.15, 0.2) is 0 Å². The fourth-order valence-corrected chi connectivity index (χ4v) is 3.35. The maximum atomic E-state index is 2.65. The van der Waals surface area contributed by atoms with Gasteiger partial charge in [-0.2, -0.15) is 0 Å². The van der Waals surface area contributed by atoms with Gasteiger partial charge in [0.2, 0.25) is 0 Å². The van der Waals surface area contributed by atoms with Gasteiger partial charge in [0.25, 0.3) is 0 Å². The molecule has 1 heteroatoms. The zero-order valence-corrected chi connectivity index (χ0v) is 9.89. The van der Waals surface area contributed by atoms with E-state index in [-0.39, 0.29) is 0 Å². The molecule has 0 radical (unpaired) electrons. The lowest BCUT2D eigenvalue weighted by molar-refractivity contribution is 0.230. The first-order chi connectivity index (χ1) is 6.74. The third kappa shape index (κ3) is 2.13. The third-order valence-electron chi connectivity index (χ3n) is 4.54. The highest BCUT2D eigenvalue weighted by Crippen LogP contribution is 2.43. The van der Waals surface area contributed by atoms with E-state index in [0.717, 1.165) is 11.3 Å². The maximum absolute atomic E-state index is 2.65. The molecule has 1 aliphatic carbocycles. The molecule has 0 unspecified atom stereocenters. The van der Waals surface area contributed by atoms with Crippen molar-refractivity contribution in [3.8, 4) is 0 Å². The first-order valence-corrected chi connectivity index (χ1v) is 6.46. The molecule has 1 spiro atoms. The van der Waals surface area contributed by atoms with Gasteiger partial charge >= 0.3 is 0 Å². The molecular formula is C13H25N. The van der Waals surface area contributed by atoms with Crippen molar-refractivity contribution in [2.45, 2.75) is 52.4 Å². The van der Waals surface area contributed by atoms with E-state index in [1.54, 1.807) is 0 Å². The monoisotopic (exact) mass is 195 g/mol. The molecular weight excluding hydrogens is 170 g/mol. The number of hydrogen-bond acceptors (Lipinski definition) is 1. The molecule has 0 aromatic rings. The van der Waals surface area contributed by atoms with Gasteiger partial charge in [0.05, 0.1) is 0 Å². The fourth-order valence-electron chi connectivity index (χ4n) is 3.35. The average molecular weight is 195 g/mol. The summed E-state index contributed by atoms with van der Waals surface area (Å²) < 4.78 is 0. The second-order valence-corrected chi connectivity index (χ2v) is 5.65. The molecule has 1 saturated heterocycles. The Morgan fingerprint density at radius 1 is 1.21 bits per heavy atom. The van der Waals surface area contributed by atoms with Gasteiger partial charge in [-0.15, -0.1) is 0 Å². The van der Waals surface area contributed by atoms with Crippen LogP contribution >= 0.6 is 0 Å². The van der Waals surface area contributed by atoms with E-state index in [4.69, 9.17) is 0 Å². The Morgan fingerprint density at radius 3 is 2.79 bits per heavy atom. The predicted molar refractivity (Wildman–Crippen MR) is 61.4 cm³/mol. The summed E-state index contributed by atoms with van der Waals surface area (Å²) in [6.45, 7) is 8.77. The molecule has 82 valence electrons. The van der Waals surface area contributed by atoms with Crippen LogP contribution in [0.1, 0.15) is 52.4 Å². The molecule has 0 aromatic heterocycles. The number of rotatable bonds is 1. The van der Waals surface area contributed by atoms with Crippen LogP contribution in [0.25, 0.3) is 0 Å². The van der Waals surface area contributed by atoms with Crippen LogP contribution in [0.4, 0.5) is 0 Å². The summed E-state index contributed by atoms with van der Waals surface area (Å²) in [5.74, 6) is 0.991. The van der Waals surface area contributed by atoms with Crippen molar-refractivity contribution in [2.75, 3.05) is 19.6 Å². The summed E-state index contributed by atoms with van der Waals surface area (Å²) >= 11 is 0. The van der Waals surface area contributed by atoms with Gasteiger partial charge in [-0.05, 0) is 43.7 Å². The van der Waals surface area contributed by atoms with E-state index >= 15 is 0 Å². The Labute approximate surface area is 88.9 Å². The van der Waals surface area contributed by atoms with Crippen molar-refractivity contribution >= 4 is 0 Å². The lowest BCUT2D eigenvalue weighted by Crippen LogP contribution is -2.26. The Bertz CT molecular complexity index is 190. The molecule has 0 bridgehead atoms. The fraction of sp³-hybridized carbons (Fsp3) is 1.00. The molecule has 2 atom stereocenters. The first kappa shape index (κ1) is 10.5. The van der Waals surface area contributed by atoms with E-state index in [1.165, 1.54) is 58.2 Å². The summed E-state index contributed by atoms with van der Waals surface area (Å²) in [5, 5.41) is 0. The van der Waals surface area contributed by atoms with Crippen molar-refractivity contribution in [3.05, 3.63) is 0 Å². The summed E-state index contributed by atoms with van der Waals surface area (Å²) in [5.41, 5.74) is 0.737. The van der Waals surface area contributed by atoms with Crippen LogP contribution in [0.15, 0.2) is 0 Å².